The molecule has 10 heteroatoms. The van der Waals surface area contributed by atoms with Crippen molar-refractivity contribution in [2.45, 2.75) is 33.4 Å². The first-order chi connectivity index (χ1) is 17.9. The molecule has 1 atom stereocenters. The zero-order chi connectivity index (χ0) is 27.8. The van der Waals surface area contributed by atoms with Gasteiger partial charge in [0.25, 0.3) is 11.8 Å². The molecule has 0 spiro atoms. The van der Waals surface area contributed by atoms with Gasteiger partial charge in [-0.05, 0) is 68.8 Å². The molecule has 3 aromatic carbocycles. The van der Waals surface area contributed by atoms with Crippen LogP contribution in [0.15, 0.2) is 59.1 Å². The van der Waals surface area contributed by atoms with Crippen molar-refractivity contribution >= 4 is 45.3 Å². The van der Waals surface area contributed by atoms with Crippen molar-refractivity contribution in [3.63, 3.8) is 0 Å². The van der Waals surface area contributed by atoms with Crippen LogP contribution in [0.25, 0.3) is 0 Å². The van der Waals surface area contributed by atoms with Crippen molar-refractivity contribution in [2.24, 2.45) is 5.41 Å². The summed E-state index contributed by atoms with van der Waals surface area (Å²) in [4.78, 5) is 45.1. The lowest BCUT2D eigenvalue weighted by Gasteiger charge is -2.27. The zero-order valence-electron chi connectivity index (χ0n) is 21.1. The fraction of sp³-hybridized carbons (Fsp3) is 0.250. The SMILES string of the molecule is COc1ccc(CN2C(=O)c3cc(C(=O)NOC(=O)C(C)(C)C)cc(Br)c3C2c2cc(F)ccc2Cl)cc1. The van der Waals surface area contributed by atoms with E-state index >= 15 is 0 Å². The van der Waals surface area contributed by atoms with Crippen LogP contribution in [0.5, 0.6) is 5.75 Å². The monoisotopic (exact) mass is 602 g/mol. The molecule has 0 saturated heterocycles. The number of hydroxylamine groups is 1. The third-order valence-corrected chi connectivity index (χ3v) is 7.08. The van der Waals surface area contributed by atoms with Crippen LogP contribution >= 0.6 is 27.5 Å². The first-order valence-corrected chi connectivity index (χ1v) is 12.8. The van der Waals surface area contributed by atoms with Gasteiger partial charge in [0.2, 0.25) is 0 Å². The summed E-state index contributed by atoms with van der Waals surface area (Å²) in [5, 5.41) is 0.291. The summed E-state index contributed by atoms with van der Waals surface area (Å²) in [5.74, 6) is -1.52. The second kappa shape index (κ2) is 10.7. The largest absolute Gasteiger partial charge is 0.497 e. The molecule has 0 aromatic heterocycles. The average Bonchev–Trinajstić information content (AvgIpc) is 3.15. The molecule has 1 aliphatic heterocycles. The lowest BCUT2D eigenvalue weighted by atomic mass is 9.96. The normalized spacial score (nSPS) is 14.8. The highest BCUT2D eigenvalue weighted by atomic mass is 79.9. The van der Waals surface area contributed by atoms with Crippen LogP contribution in [0.4, 0.5) is 4.39 Å². The van der Waals surface area contributed by atoms with Crippen LogP contribution in [-0.2, 0) is 16.2 Å². The molecular weight excluding hydrogens is 579 g/mol. The van der Waals surface area contributed by atoms with Crippen LogP contribution in [0, 0.1) is 11.2 Å². The average molecular weight is 604 g/mol. The maximum atomic E-state index is 14.3. The Morgan fingerprint density at radius 1 is 1.11 bits per heavy atom. The number of nitrogens with zero attached hydrogens (tertiary/aromatic N) is 1. The number of amides is 2. The molecular formula is C28H25BrClFN2O5. The van der Waals surface area contributed by atoms with Crippen LogP contribution in [0.1, 0.15) is 64.2 Å². The van der Waals surface area contributed by atoms with E-state index in [0.29, 0.717) is 26.4 Å². The Kier molecular flexibility index (Phi) is 7.80. The molecule has 4 rings (SSSR count). The number of carbonyl (C=O) groups excluding carboxylic acids is 3. The molecule has 0 fully saturated rings. The predicted molar refractivity (Wildman–Crippen MR) is 143 cm³/mol. The Morgan fingerprint density at radius 3 is 2.42 bits per heavy atom. The molecule has 38 heavy (non-hydrogen) atoms. The molecule has 0 saturated carbocycles. The third kappa shape index (κ3) is 5.54. The van der Waals surface area contributed by atoms with Gasteiger partial charge < -0.3 is 14.5 Å². The number of benzene rings is 3. The lowest BCUT2D eigenvalue weighted by molar-refractivity contribution is -0.158. The number of hydrogen-bond acceptors (Lipinski definition) is 5. The smallest absolute Gasteiger partial charge is 0.337 e. The minimum atomic E-state index is -0.818. The summed E-state index contributed by atoms with van der Waals surface area (Å²) in [6.45, 7) is 5.15. The van der Waals surface area contributed by atoms with E-state index in [1.165, 1.54) is 30.3 Å². The minimum absolute atomic E-state index is 0.0982. The molecule has 7 nitrogen and oxygen atoms in total. The number of fused-ring (bicyclic) bond motifs is 1. The van der Waals surface area contributed by atoms with Gasteiger partial charge in [0, 0.05) is 38.3 Å². The van der Waals surface area contributed by atoms with Gasteiger partial charge in [0.15, 0.2) is 0 Å². The molecule has 3 aromatic rings. The summed E-state index contributed by atoms with van der Waals surface area (Å²) < 4.78 is 20.0. The number of rotatable bonds is 5. The molecule has 2 amide bonds. The van der Waals surface area contributed by atoms with Crippen molar-refractivity contribution in [3.8, 4) is 5.75 Å². The van der Waals surface area contributed by atoms with Gasteiger partial charge in [-0.15, -0.1) is 0 Å². The van der Waals surface area contributed by atoms with Crippen molar-refractivity contribution in [3.05, 3.63) is 97.7 Å². The van der Waals surface area contributed by atoms with Gasteiger partial charge in [-0.25, -0.2) is 9.18 Å². The standard InChI is InChI=1S/C28H25BrClFN2O5/c1-28(2,3)27(36)38-32-25(34)16-11-20-23(21(29)12-16)24(19-13-17(31)7-10-22(19)30)33(26(20)35)14-15-5-8-18(37-4)9-6-15/h5-13,24H,14H2,1-4H3,(H,32,34). The van der Waals surface area contributed by atoms with E-state index in [4.69, 9.17) is 21.2 Å². The van der Waals surface area contributed by atoms with Gasteiger partial charge >= 0.3 is 5.97 Å². The maximum absolute atomic E-state index is 14.3. The molecule has 0 bridgehead atoms. The molecule has 198 valence electrons. The van der Waals surface area contributed by atoms with Crippen LogP contribution in [0.3, 0.4) is 0 Å². The predicted octanol–water partition coefficient (Wildman–Crippen LogP) is 6.23. The van der Waals surface area contributed by atoms with Gasteiger partial charge in [-0.3, -0.25) is 9.59 Å². The highest BCUT2D eigenvalue weighted by molar-refractivity contribution is 9.10. The highest BCUT2D eigenvalue weighted by Gasteiger charge is 2.41. The van der Waals surface area contributed by atoms with E-state index in [9.17, 15) is 18.8 Å². The fourth-order valence-corrected chi connectivity index (χ4v) is 4.97. The van der Waals surface area contributed by atoms with Crippen molar-refractivity contribution in [1.82, 2.24) is 10.4 Å². The minimum Gasteiger partial charge on any atom is -0.497 e. The van der Waals surface area contributed by atoms with Gasteiger partial charge in [0.1, 0.15) is 11.6 Å². The van der Waals surface area contributed by atoms with Crippen molar-refractivity contribution in [2.75, 3.05) is 7.11 Å². The Hall–Kier alpha value is -3.43. The van der Waals surface area contributed by atoms with Gasteiger partial charge in [-0.2, -0.15) is 5.48 Å². The molecule has 1 N–H and O–H groups in total. The fourth-order valence-electron chi connectivity index (χ4n) is 4.07. The van der Waals surface area contributed by atoms with Crippen LogP contribution in [-0.4, -0.2) is 29.8 Å². The van der Waals surface area contributed by atoms with Gasteiger partial charge in [0.05, 0.1) is 18.6 Å². The quantitative estimate of drug-likeness (QED) is 0.350. The first kappa shape index (κ1) is 27.6. The first-order valence-electron chi connectivity index (χ1n) is 11.6. The molecule has 0 radical (unpaired) electrons. The lowest BCUT2D eigenvalue weighted by Crippen LogP contribution is -2.33. The Balaban J connectivity index is 1.75. The number of ether oxygens (including phenoxy) is 1. The second-order valence-electron chi connectivity index (χ2n) is 9.84. The molecule has 0 aliphatic carbocycles. The Labute approximate surface area is 233 Å². The number of methoxy groups -OCH3 is 1. The Bertz CT molecular complexity index is 1420. The maximum Gasteiger partial charge on any atom is 0.337 e. The van der Waals surface area contributed by atoms with E-state index < -0.39 is 29.2 Å². The molecule has 1 aliphatic rings. The zero-order valence-corrected chi connectivity index (χ0v) is 23.4. The summed E-state index contributed by atoms with van der Waals surface area (Å²) in [5.41, 5.74) is 3.42. The summed E-state index contributed by atoms with van der Waals surface area (Å²) in [6.07, 6.45) is 0. The van der Waals surface area contributed by atoms with E-state index in [2.05, 4.69) is 21.4 Å². The van der Waals surface area contributed by atoms with Gasteiger partial charge in [-0.1, -0.05) is 39.7 Å². The highest BCUT2D eigenvalue weighted by Crippen LogP contribution is 2.45. The Morgan fingerprint density at radius 2 is 1.79 bits per heavy atom. The number of halogens is 3. The van der Waals surface area contributed by atoms with E-state index in [-0.39, 0.29) is 23.6 Å². The topological polar surface area (TPSA) is 84.9 Å². The van der Waals surface area contributed by atoms with E-state index in [1.807, 2.05) is 12.1 Å². The van der Waals surface area contributed by atoms with Crippen molar-refractivity contribution < 1.29 is 28.3 Å². The molecule has 1 unspecified atom stereocenters. The molecule has 1 heterocycles. The van der Waals surface area contributed by atoms with Crippen LogP contribution in [0.2, 0.25) is 5.02 Å². The number of carbonyl (C=O) groups is 3. The second-order valence-corrected chi connectivity index (χ2v) is 11.1. The van der Waals surface area contributed by atoms with Crippen molar-refractivity contribution in [1.29, 1.82) is 0 Å². The number of hydrogen-bond donors (Lipinski definition) is 1. The summed E-state index contributed by atoms with van der Waals surface area (Å²) >= 11 is 9.99. The summed E-state index contributed by atoms with van der Waals surface area (Å²) in [7, 11) is 1.56. The van der Waals surface area contributed by atoms with E-state index in [0.717, 1.165) is 5.56 Å². The number of nitrogens with one attached hydrogen (secondary N) is 1. The van der Waals surface area contributed by atoms with Crippen LogP contribution < -0.4 is 10.2 Å². The summed E-state index contributed by atoms with van der Waals surface area (Å²) in [6, 6.07) is 13.4. The third-order valence-electron chi connectivity index (χ3n) is 6.08. The van der Waals surface area contributed by atoms with E-state index in [1.54, 1.807) is 44.9 Å².